The molecule has 2 aromatic carbocycles. The van der Waals surface area contributed by atoms with Crippen LogP contribution in [-0.2, 0) is 12.8 Å². The summed E-state index contributed by atoms with van der Waals surface area (Å²) >= 11 is 3.11. The number of nitrogens with one attached hydrogen (secondary N) is 1. The van der Waals surface area contributed by atoms with Crippen LogP contribution in [0.25, 0.3) is 0 Å². The van der Waals surface area contributed by atoms with Crippen molar-refractivity contribution >= 4 is 15.9 Å². The first-order valence-corrected chi connectivity index (χ1v) is 7.65. The molecule has 1 nitrogen and oxygen atoms in total. The van der Waals surface area contributed by atoms with Gasteiger partial charge in [-0.2, -0.15) is 0 Å². The van der Waals surface area contributed by atoms with Gasteiger partial charge in [0.25, 0.3) is 0 Å². The summed E-state index contributed by atoms with van der Waals surface area (Å²) in [6.07, 6.45) is 1.03. The van der Waals surface area contributed by atoms with Crippen molar-refractivity contribution in [2.45, 2.75) is 25.8 Å². The first kappa shape index (κ1) is 16.1. The van der Waals surface area contributed by atoms with E-state index in [2.05, 4.69) is 27.3 Å². The lowest BCUT2D eigenvalue weighted by Gasteiger charge is -2.18. The van der Waals surface area contributed by atoms with Gasteiger partial charge in [-0.05, 0) is 60.4 Å². The van der Waals surface area contributed by atoms with Gasteiger partial charge in [0.2, 0.25) is 0 Å². The van der Waals surface area contributed by atoms with Crippen LogP contribution in [0.1, 0.15) is 16.7 Å². The number of benzene rings is 2. The van der Waals surface area contributed by atoms with E-state index in [0.717, 1.165) is 12.0 Å². The average molecular weight is 354 g/mol. The highest BCUT2D eigenvalue weighted by Crippen LogP contribution is 2.23. The average Bonchev–Trinajstić information content (AvgIpc) is 2.46. The Morgan fingerprint density at radius 1 is 1.14 bits per heavy atom. The van der Waals surface area contributed by atoms with E-state index in [1.165, 1.54) is 17.7 Å². The lowest BCUT2D eigenvalue weighted by atomic mass is 9.97. The number of likely N-dealkylation sites (N-methyl/N-ethyl adjacent to an activating group) is 1. The molecule has 1 unspecified atom stereocenters. The normalized spacial score (nSPS) is 12.4. The molecule has 1 atom stereocenters. The van der Waals surface area contributed by atoms with Gasteiger partial charge in [0.15, 0.2) is 0 Å². The highest BCUT2D eigenvalue weighted by Gasteiger charge is 2.17. The molecule has 0 spiro atoms. The van der Waals surface area contributed by atoms with Crippen molar-refractivity contribution in [2.75, 3.05) is 7.05 Å². The third-order valence-electron chi connectivity index (χ3n) is 3.56. The molecule has 2 rings (SSSR count). The van der Waals surface area contributed by atoms with E-state index in [-0.39, 0.29) is 11.6 Å². The third kappa shape index (κ3) is 4.11. The molecule has 0 aliphatic heterocycles. The highest BCUT2D eigenvalue weighted by atomic mass is 79.9. The van der Waals surface area contributed by atoms with Gasteiger partial charge in [0.1, 0.15) is 11.6 Å². The van der Waals surface area contributed by atoms with Crippen LogP contribution >= 0.6 is 15.9 Å². The molecule has 21 heavy (non-hydrogen) atoms. The third-order valence-corrected chi connectivity index (χ3v) is 4.17. The van der Waals surface area contributed by atoms with Crippen LogP contribution in [0.5, 0.6) is 0 Å². The van der Waals surface area contributed by atoms with Gasteiger partial charge in [-0.3, -0.25) is 0 Å². The molecule has 0 saturated carbocycles. The summed E-state index contributed by atoms with van der Waals surface area (Å²) in [6, 6.07) is 10.8. The molecule has 4 heteroatoms. The van der Waals surface area contributed by atoms with Crippen molar-refractivity contribution in [3.05, 3.63) is 69.2 Å². The number of aryl methyl sites for hydroxylation is 1. The zero-order chi connectivity index (χ0) is 15.4. The lowest BCUT2D eigenvalue weighted by Crippen LogP contribution is -2.30. The Morgan fingerprint density at radius 2 is 1.90 bits per heavy atom. The standard InChI is InChI=1S/C17H18BrF2N/c1-11-4-3-5-12(8-11)9-13(21-2)10-14-16(19)7-6-15(18)17(14)20/h3-8,13,21H,9-10H2,1-2H3. The zero-order valence-electron chi connectivity index (χ0n) is 12.1. The van der Waals surface area contributed by atoms with Gasteiger partial charge in [-0.1, -0.05) is 29.8 Å². The first-order chi connectivity index (χ1) is 10.0. The Labute approximate surface area is 132 Å². The summed E-state index contributed by atoms with van der Waals surface area (Å²) in [6.45, 7) is 2.03. The summed E-state index contributed by atoms with van der Waals surface area (Å²) in [4.78, 5) is 0. The smallest absolute Gasteiger partial charge is 0.143 e. The van der Waals surface area contributed by atoms with E-state index in [1.54, 1.807) is 0 Å². The second-order valence-electron chi connectivity index (χ2n) is 5.20. The van der Waals surface area contributed by atoms with Crippen molar-refractivity contribution in [1.29, 1.82) is 0 Å². The maximum atomic E-state index is 14.0. The fraction of sp³-hybridized carbons (Fsp3) is 0.294. The van der Waals surface area contributed by atoms with E-state index in [4.69, 9.17) is 0 Å². The molecular formula is C17H18BrF2N. The van der Waals surface area contributed by atoms with Crippen molar-refractivity contribution in [3.8, 4) is 0 Å². The number of hydrogen-bond acceptors (Lipinski definition) is 1. The maximum absolute atomic E-state index is 14.0. The van der Waals surface area contributed by atoms with Gasteiger partial charge in [-0.25, -0.2) is 8.78 Å². The fourth-order valence-electron chi connectivity index (χ4n) is 2.40. The largest absolute Gasteiger partial charge is 0.316 e. The molecule has 0 aromatic heterocycles. The Hall–Kier alpha value is -1.26. The summed E-state index contributed by atoms with van der Waals surface area (Å²) in [5, 5.41) is 3.14. The van der Waals surface area contributed by atoms with Crippen LogP contribution < -0.4 is 5.32 Å². The van der Waals surface area contributed by atoms with Gasteiger partial charge in [0.05, 0.1) is 4.47 Å². The van der Waals surface area contributed by atoms with Crippen molar-refractivity contribution in [3.63, 3.8) is 0 Å². The van der Waals surface area contributed by atoms with Gasteiger partial charge in [-0.15, -0.1) is 0 Å². The quantitative estimate of drug-likeness (QED) is 0.785. The summed E-state index contributed by atoms with van der Waals surface area (Å²) < 4.78 is 28.2. The predicted molar refractivity (Wildman–Crippen MR) is 85.5 cm³/mol. The second-order valence-corrected chi connectivity index (χ2v) is 6.06. The van der Waals surface area contributed by atoms with Gasteiger partial charge in [0, 0.05) is 11.6 Å². The molecule has 0 saturated heterocycles. The Bertz CT molecular complexity index is 628. The summed E-state index contributed by atoms with van der Waals surface area (Å²) in [7, 11) is 1.81. The lowest BCUT2D eigenvalue weighted by molar-refractivity contribution is 0.499. The number of halogens is 3. The Morgan fingerprint density at radius 3 is 2.57 bits per heavy atom. The molecule has 2 aromatic rings. The molecule has 1 N–H and O–H groups in total. The van der Waals surface area contributed by atoms with E-state index in [9.17, 15) is 8.78 Å². The molecule has 0 bridgehead atoms. The molecular weight excluding hydrogens is 336 g/mol. The van der Waals surface area contributed by atoms with Crippen LogP contribution in [0.3, 0.4) is 0 Å². The van der Waals surface area contributed by atoms with E-state index in [0.29, 0.717) is 10.9 Å². The molecule has 0 fully saturated rings. The second kappa shape index (κ2) is 7.14. The molecule has 0 aliphatic rings. The molecule has 0 radical (unpaired) electrons. The minimum Gasteiger partial charge on any atom is -0.316 e. The molecule has 0 amide bonds. The van der Waals surface area contributed by atoms with Crippen molar-refractivity contribution in [1.82, 2.24) is 5.32 Å². The van der Waals surface area contributed by atoms with Crippen LogP contribution in [0.2, 0.25) is 0 Å². The van der Waals surface area contributed by atoms with Crippen LogP contribution in [-0.4, -0.2) is 13.1 Å². The zero-order valence-corrected chi connectivity index (χ0v) is 13.7. The minimum atomic E-state index is -0.514. The minimum absolute atomic E-state index is 0.0231. The SMILES string of the molecule is CNC(Cc1cccc(C)c1)Cc1c(F)ccc(Br)c1F. The van der Waals surface area contributed by atoms with Crippen LogP contribution in [0.4, 0.5) is 8.78 Å². The Balaban J connectivity index is 2.18. The topological polar surface area (TPSA) is 12.0 Å². The van der Waals surface area contributed by atoms with E-state index in [1.807, 2.05) is 32.2 Å². The van der Waals surface area contributed by atoms with Crippen molar-refractivity contribution < 1.29 is 8.78 Å². The fourth-order valence-corrected chi connectivity index (χ4v) is 2.77. The van der Waals surface area contributed by atoms with E-state index >= 15 is 0 Å². The summed E-state index contributed by atoms with van der Waals surface area (Å²) in [5.41, 5.74) is 2.46. The van der Waals surface area contributed by atoms with Crippen LogP contribution in [0, 0.1) is 18.6 Å². The molecule has 0 heterocycles. The van der Waals surface area contributed by atoms with E-state index < -0.39 is 11.6 Å². The Kier molecular flexibility index (Phi) is 5.48. The van der Waals surface area contributed by atoms with Gasteiger partial charge >= 0.3 is 0 Å². The predicted octanol–water partition coefficient (Wildman–Crippen LogP) is 4.41. The number of hydrogen-bond donors (Lipinski definition) is 1. The monoisotopic (exact) mass is 353 g/mol. The highest BCUT2D eigenvalue weighted by molar-refractivity contribution is 9.10. The number of rotatable bonds is 5. The first-order valence-electron chi connectivity index (χ1n) is 6.86. The maximum Gasteiger partial charge on any atom is 0.143 e. The van der Waals surface area contributed by atoms with Crippen molar-refractivity contribution in [2.24, 2.45) is 0 Å². The van der Waals surface area contributed by atoms with Gasteiger partial charge < -0.3 is 5.32 Å². The summed E-state index contributed by atoms with van der Waals surface area (Å²) in [5.74, 6) is -1.01. The molecule has 112 valence electrons. The molecule has 0 aliphatic carbocycles. The van der Waals surface area contributed by atoms with Crippen LogP contribution in [0.15, 0.2) is 40.9 Å².